The van der Waals surface area contributed by atoms with Crippen LogP contribution in [0.2, 0.25) is 0 Å². The summed E-state index contributed by atoms with van der Waals surface area (Å²) in [6.07, 6.45) is 1.44. The van der Waals surface area contributed by atoms with Crippen molar-refractivity contribution < 1.29 is 32.7 Å². The molecule has 196 valence electrons. The predicted molar refractivity (Wildman–Crippen MR) is 132 cm³/mol. The first-order valence-electron chi connectivity index (χ1n) is 11.5. The number of rotatable bonds is 11. The number of carbonyl (C=O) groups is 2. The van der Waals surface area contributed by atoms with Gasteiger partial charge in [0, 0.05) is 38.0 Å². The second-order valence-corrected chi connectivity index (χ2v) is 10.6. The molecule has 1 aromatic carbocycles. The minimum absolute atomic E-state index is 0.0139. The van der Waals surface area contributed by atoms with Gasteiger partial charge in [0.15, 0.2) is 5.75 Å². The number of ether oxygens (including phenoxy) is 2. The van der Waals surface area contributed by atoms with E-state index in [2.05, 4.69) is 10.1 Å². The first-order valence-corrected chi connectivity index (χ1v) is 13.1. The fourth-order valence-electron chi connectivity index (χ4n) is 3.27. The first kappa shape index (κ1) is 27.6. The number of aromatic nitrogens is 1. The molecule has 1 aliphatic carbocycles. The van der Waals surface area contributed by atoms with Crippen LogP contribution in [0.3, 0.4) is 0 Å². The summed E-state index contributed by atoms with van der Waals surface area (Å²) in [5, 5.41) is 2.81. The number of carbonyl (C=O) groups excluding carboxylic acids is 2. The maximum atomic E-state index is 13.9. The third-order valence-corrected chi connectivity index (χ3v) is 6.98. The smallest absolute Gasteiger partial charge is 0.460 e. The number of nitrogens with two attached hydrogens (primary N) is 1. The van der Waals surface area contributed by atoms with E-state index in [1.54, 1.807) is 65.2 Å². The maximum Gasteiger partial charge on any atom is 0.460 e. The number of nitrogens with one attached hydrogen (secondary N) is 1. The van der Waals surface area contributed by atoms with Gasteiger partial charge < -0.3 is 24.6 Å². The van der Waals surface area contributed by atoms with Crippen LogP contribution in [-0.4, -0.2) is 47.7 Å². The number of aryl methyl sites for hydroxylation is 1. The number of nitrogens with zero attached hydrogens (tertiary/aromatic N) is 2. The summed E-state index contributed by atoms with van der Waals surface area (Å²) in [5.74, 6) is -0.0122. The first-order chi connectivity index (χ1) is 17.0. The van der Waals surface area contributed by atoms with Gasteiger partial charge in [-0.2, -0.15) is 5.09 Å². The van der Waals surface area contributed by atoms with Crippen LogP contribution in [0.15, 0.2) is 36.5 Å². The summed E-state index contributed by atoms with van der Waals surface area (Å²) in [7, 11) is -0.986. The summed E-state index contributed by atoms with van der Waals surface area (Å²) in [6, 6.07) is 8.49. The predicted octanol–water partition coefficient (Wildman–Crippen LogP) is 3.69. The SMILES string of the molecule is Cc1ncc(COP(=O)(NC2(C(=O)OC(C)C)CC2)Oc2ccccc2)c(CN)c1OC(=O)N(C)C. The van der Waals surface area contributed by atoms with Crippen LogP contribution < -0.4 is 20.1 Å². The van der Waals surface area contributed by atoms with Crippen LogP contribution in [0, 0.1) is 6.92 Å². The number of benzene rings is 1. The molecule has 0 aliphatic heterocycles. The fourth-order valence-corrected chi connectivity index (χ4v) is 4.98. The van der Waals surface area contributed by atoms with Crippen molar-refractivity contribution in [3.05, 3.63) is 53.3 Å². The van der Waals surface area contributed by atoms with Crippen molar-refractivity contribution in [2.45, 2.75) is 58.4 Å². The van der Waals surface area contributed by atoms with Crippen LogP contribution in [0.1, 0.15) is 43.5 Å². The van der Waals surface area contributed by atoms with Gasteiger partial charge in [0.2, 0.25) is 0 Å². The van der Waals surface area contributed by atoms with Crippen molar-refractivity contribution in [2.24, 2.45) is 5.73 Å². The molecule has 1 fully saturated rings. The highest BCUT2D eigenvalue weighted by Gasteiger charge is 2.56. The average Bonchev–Trinajstić information content (AvgIpc) is 3.59. The van der Waals surface area contributed by atoms with Gasteiger partial charge in [0.25, 0.3) is 0 Å². The monoisotopic (exact) mass is 520 g/mol. The summed E-state index contributed by atoms with van der Waals surface area (Å²) >= 11 is 0. The lowest BCUT2D eigenvalue weighted by molar-refractivity contribution is -0.150. The highest BCUT2D eigenvalue weighted by atomic mass is 31.2. The molecule has 11 nitrogen and oxygen atoms in total. The van der Waals surface area contributed by atoms with Gasteiger partial charge in [-0.25, -0.2) is 9.36 Å². The topological polar surface area (TPSA) is 142 Å². The van der Waals surface area contributed by atoms with E-state index >= 15 is 0 Å². The van der Waals surface area contributed by atoms with Gasteiger partial charge in [-0.05, 0) is 45.7 Å². The number of hydrogen-bond donors (Lipinski definition) is 2. The van der Waals surface area contributed by atoms with Crippen molar-refractivity contribution in [3.63, 3.8) is 0 Å². The third-order valence-electron chi connectivity index (χ3n) is 5.36. The van der Waals surface area contributed by atoms with Crippen LogP contribution in [0.25, 0.3) is 0 Å². The van der Waals surface area contributed by atoms with E-state index in [4.69, 9.17) is 24.3 Å². The van der Waals surface area contributed by atoms with Crippen LogP contribution in [-0.2, 0) is 31.8 Å². The maximum absolute atomic E-state index is 13.9. The van der Waals surface area contributed by atoms with E-state index in [0.29, 0.717) is 35.4 Å². The Kier molecular flexibility index (Phi) is 8.73. The van der Waals surface area contributed by atoms with Crippen molar-refractivity contribution in [1.82, 2.24) is 15.0 Å². The van der Waals surface area contributed by atoms with Crippen LogP contribution in [0.4, 0.5) is 4.79 Å². The van der Waals surface area contributed by atoms with E-state index in [1.165, 1.54) is 11.1 Å². The van der Waals surface area contributed by atoms with Gasteiger partial charge in [-0.1, -0.05) is 18.2 Å². The molecule has 0 spiro atoms. The minimum atomic E-state index is -4.10. The largest absolute Gasteiger partial charge is 0.462 e. The molecule has 0 radical (unpaired) electrons. The van der Waals surface area contributed by atoms with Gasteiger partial charge >= 0.3 is 19.8 Å². The van der Waals surface area contributed by atoms with Gasteiger partial charge in [0.1, 0.15) is 11.3 Å². The Morgan fingerprint density at radius 3 is 2.44 bits per heavy atom. The summed E-state index contributed by atoms with van der Waals surface area (Å²) in [5.41, 5.74) is 6.20. The van der Waals surface area contributed by atoms with Gasteiger partial charge in [-0.3, -0.25) is 14.3 Å². The van der Waals surface area contributed by atoms with Crippen LogP contribution in [0.5, 0.6) is 11.5 Å². The Hall–Kier alpha value is -2.98. The molecule has 1 saturated carbocycles. The Morgan fingerprint density at radius 2 is 1.89 bits per heavy atom. The zero-order valence-electron chi connectivity index (χ0n) is 21.1. The molecule has 0 saturated heterocycles. The minimum Gasteiger partial charge on any atom is -0.462 e. The van der Waals surface area contributed by atoms with E-state index in [0.717, 1.165) is 0 Å². The third kappa shape index (κ3) is 6.82. The lowest BCUT2D eigenvalue weighted by Gasteiger charge is -2.25. The number of para-hydroxylation sites is 1. The Morgan fingerprint density at radius 1 is 1.22 bits per heavy atom. The molecular formula is C24H33N4O7P. The molecule has 1 amide bonds. The highest BCUT2D eigenvalue weighted by molar-refractivity contribution is 7.52. The average molecular weight is 521 g/mol. The fraction of sp³-hybridized carbons (Fsp3) is 0.458. The highest BCUT2D eigenvalue weighted by Crippen LogP contribution is 2.52. The van der Waals surface area contributed by atoms with Gasteiger partial charge in [0.05, 0.1) is 18.4 Å². The van der Waals surface area contributed by atoms with E-state index in [1.807, 2.05) is 0 Å². The molecule has 3 N–H and O–H groups in total. The number of amides is 1. The van der Waals surface area contributed by atoms with Crippen LogP contribution >= 0.6 is 7.75 Å². The Bertz CT molecular complexity index is 1140. The normalized spacial score (nSPS) is 15.6. The molecular weight excluding hydrogens is 487 g/mol. The van der Waals surface area contributed by atoms with Crippen molar-refractivity contribution in [1.29, 1.82) is 0 Å². The standard InChI is InChI=1S/C24H33N4O7P/c1-16(2)33-22(29)24(11-12-24)27-36(31,35-19-9-7-6-8-10-19)32-15-18-14-26-17(3)21(20(18)13-25)34-23(30)28(4)5/h6-10,14,16H,11-13,15,25H2,1-5H3,(H,27,31). The zero-order chi connectivity index (χ0) is 26.5. The van der Waals surface area contributed by atoms with E-state index in [9.17, 15) is 14.2 Å². The Balaban J connectivity index is 1.88. The zero-order valence-corrected chi connectivity index (χ0v) is 22.0. The lowest BCUT2D eigenvalue weighted by Crippen LogP contribution is -2.41. The lowest BCUT2D eigenvalue weighted by atomic mass is 10.1. The number of pyridine rings is 1. The van der Waals surface area contributed by atoms with Crippen molar-refractivity contribution in [3.8, 4) is 11.5 Å². The molecule has 1 heterocycles. The summed E-state index contributed by atoms with van der Waals surface area (Å²) < 4.78 is 36.3. The number of hydrogen-bond acceptors (Lipinski definition) is 9. The second-order valence-electron chi connectivity index (χ2n) is 8.97. The molecule has 36 heavy (non-hydrogen) atoms. The molecule has 1 aliphatic rings. The molecule has 1 unspecified atom stereocenters. The van der Waals surface area contributed by atoms with Crippen molar-refractivity contribution >= 4 is 19.8 Å². The summed E-state index contributed by atoms with van der Waals surface area (Å²) in [6.45, 7) is 4.94. The number of esters is 1. The quantitative estimate of drug-likeness (QED) is 0.333. The van der Waals surface area contributed by atoms with Gasteiger partial charge in [-0.15, -0.1) is 0 Å². The molecule has 1 aromatic heterocycles. The summed E-state index contributed by atoms with van der Waals surface area (Å²) in [4.78, 5) is 30.4. The van der Waals surface area contributed by atoms with E-state index < -0.39 is 25.3 Å². The Labute approximate surface area is 210 Å². The molecule has 12 heteroatoms. The molecule has 0 bridgehead atoms. The molecule has 3 rings (SSSR count). The van der Waals surface area contributed by atoms with E-state index in [-0.39, 0.29) is 25.0 Å². The second kappa shape index (κ2) is 11.4. The molecule has 2 aromatic rings. The van der Waals surface area contributed by atoms with Crippen molar-refractivity contribution in [2.75, 3.05) is 14.1 Å². The molecule has 1 atom stereocenters.